The van der Waals surface area contributed by atoms with E-state index in [4.69, 9.17) is 16.1 Å². The number of benzene rings is 1. The third-order valence-electron chi connectivity index (χ3n) is 4.16. The Kier molecular flexibility index (Phi) is 4.34. The Morgan fingerprint density at radius 3 is 2.76 bits per heavy atom. The zero-order valence-corrected chi connectivity index (χ0v) is 15.0. The molecule has 1 atom stereocenters. The lowest BCUT2D eigenvalue weighted by Gasteiger charge is -2.16. The normalized spacial score (nSPS) is 12.4. The number of nitrogens with one attached hydrogen (secondary N) is 1. The minimum atomic E-state index is -0.828. The monoisotopic (exact) mass is 360 g/mol. The number of aryl methyl sites for hydroxylation is 2. The van der Waals surface area contributed by atoms with Gasteiger partial charge in [-0.25, -0.2) is 4.68 Å². The van der Waals surface area contributed by atoms with Crippen molar-refractivity contribution < 1.29 is 9.32 Å². The predicted molar refractivity (Wildman–Crippen MR) is 95.1 cm³/mol. The van der Waals surface area contributed by atoms with E-state index in [2.05, 4.69) is 15.6 Å². The Bertz CT molecular complexity index is 1040. The standard InChI is InChI=1S/C17H17ClN4O3/c1-8-12(18)6-5-7-13(8)19-16(23)10(3)22-17(24)15-14(9(2)20-22)11(4)25-21-15/h5-7,10H,1-4H3,(H,19,23)/t10-/m0/s1. The van der Waals surface area contributed by atoms with Crippen LogP contribution in [-0.4, -0.2) is 20.8 Å². The average Bonchev–Trinajstić information content (AvgIpc) is 2.97. The van der Waals surface area contributed by atoms with Gasteiger partial charge in [-0.15, -0.1) is 0 Å². The van der Waals surface area contributed by atoms with E-state index in [1.165, 1.54) is 0 Å². The summed E-state index contributed by atoms with van der Waals surface area (Å²) in [5.74, 6) is 0.148. The summed E-state index contributed by atoms with van der Waals surface area (Å²) in [6.45, 7) is 6.86. The molecule has 8 heteroatoms. The molecule has 0 saturated heterocycles. The summed E-state index contributed by atoms with van der Waals surface area (Å²) in [4.78, 5) is 25.2. The molecule has 1 aromatic carbocycles. The van der Waals surface area contributed by atoms with E-state index < -0.39 is 11.6 Å². The number of carbonyl (C=O) groups excluding carboxylic acids is 1. The van der Waals surface area contributed by atoms with Crippen LogP contribution in [0.15, 0.2) is 27.5 Å². The number of carbonyl (C=O) groups is 1. The van der Waals surface area contributed by atoms with Crippen molar-refractivity contribution in [3.05, 3.63) is 50.6 Å². The number of amides is 1. The first-order chi connectivity index (χ1) is 11.8. The quantitative estimate of drug-likeness (QED) is 0.774. The highest BCUT2D eigenvalue weighted by Crippen LogP contribution is 2.24. The van der Waals surface area contributed by atoms with Gasteiger partial charge >= 0.3 is 0 Å². The summed E-state index contributed by atoms with van der Waals surface area (Å²) in [5, 5.41) is 12.0. The molecule has 1 N–H and O–H groups in total. The molecule has 130 valence electrons. The van der Waals surface area contributed by atoms with E-state index in [1.807, 2.05) is 0 Å². The minimum absolute atomic E-state index is 0.170. The van der Waals surface area contributed by atoms with Crippen LogP contribution >= 0.6 is 11.6 Å². The van der Waals surface area contributed by atoms with Gasteiger partial charge in [-0.3, -0.25) is 9.59 Å². The van der Waals surface area contributed by atoms with E-state index in [0.29, 0.717) is 27.6 Å². The molecule has 0 radical (unpaired) electrons. The van der Waals surface area contributed by atoms with Crippen LogP contribution in [0.3, 0.4) is 0 Å². The van der Waals surface area contributed by atoms with Crippen LogP contribution in [0.2, 0.25) is 5.02 Å². The van der Waals surface area contributed by atoms with Crippen molar-refractivity contribution in [3.63, 3.8) is 0 Å². The van der Waals surface area contributed by atoms with E-state index in [9.17, 15) is 9.59 Å². The van der Waals surface area contributed by atoms with Gasteiger partial charge in [0.25, 0.3) is 5.56 Å². The molecule has 7 nitrogen and oxygen atoms in total. The van der Waals surface area contributed by atoms with Crippen LogP contribution < -0.4 is 10.9 Å². The molecule has 0 aliphatic heterocycles. The van der Waals surface area contributed by atoms with Gasteiger partial charge in [0.2, 0.25) is 5.91 Å². The highest BCUT2D eigenvalue weighted by molar-refractivity contribution is 6.31. The van der Waals surface area contributed by atoms with E-state index >= 15 is 0 Å². The molecule has 0 saturated carbocycles. The number of aromatic nitrogens is 3. The number of hydrogen-bond acceptors (Lipinski definition) is 5. The number of halogens is 1. The number of nitrogens with zero attached hydrogens (tertiary/aromatic N) is 3. The smallest absolute Gasteiger partial charge is 0.297 e. The summed E-state index contributed by atoms with van der Waals surface area (Å²) in [6.07, 6.45) is 0. The topological polar surface area (TPSA) is 90.0 Å². The lowest BCUT2D eigenvalue weighted by molar-refractivity contribution is -0.119. The molecule has 0 aliphatic carbocycles. The molecule has 2 heterocycles. The van der Waals surface area contributed by atoms with Crippen molar-refractivity contribution in [3.8, 4) is 0 Å². The van der Waals surface area contributed by atoms with E-state index in [0.717, 1.165) is 10.2 Å². The van der Waals surface area contributed by atoms with Crippen molar-refractivity contribution in [2.45, 2.75) is 33.7 Å². The predicted octanol–water partition coefficient (Wildman–Crippen LogP) is 3.16. The maximum absolute atomic E-state index is 12.6. The van der Waals surface area contributed by atoms with E-state index in [1.54, 1.807) is 45.9 Å². The summed E-state index contributed by atoms with van der Waals surface area (Å²) in [7, 11) is 0. The van der Waals surface area contributed by atoms with E-state index in [-0.39, 0.29) is 11.4 Å². The Labute approximate surface area is 148 Å². The Morgan fingerprint density at radius 1 is 1.32 bits per heavy atom. The molecule has 1 amide bonds. The first-order valence-electron chi connectivity index (χ1n) is 7.72. The molecule has 3 aromatic rings. The van der Waals surface area contributed by atoms with Gasteiger partial charge in [-0.05, 0) is 45.4 Å². The van der Waals surface area contributed by atoms with Gasteiger partial charge in [0.1, 0.15) is 11.8 Å². The SMILES string of the molecule is Cc1c(Cl)cccc1NC(=O)[C@H](C)n1nc(C)c2c(C)onc2c1=O. The molecule has 25 heavy (non-hydrogen) atoms. The van der Waals surface area contributed by atoms with Crippen LogP contribution in [0, 0.1) is 20.8 Å². The largest absolute Gasteiger partial charge is 0.360 e. The zero-order valence-electron chi connectivity index (χ0n) is 14.3. The molecule has 2 aromatic heterocycles. The Balaban J connectivity index is 1.98. The average molecular weight is 361 g/mol. The second-order valence-electron chi connectivity index (χ2n) is 5.88. The maximum atomic E-state index is 12.6. The number of hydrogen-bond donors (Lipinski definition) is 1. The second kappa shape index (κ2) is 6.33. The van der Waals surface area contributed by atoms with Gasteiger partial charge in [-0.1, -0.05) is 22.8 Å². The third kappa shape index (κ3) is 2.91. The number of fused-ring (bicyclic) bond motifs is 1. The van der Waals surface area contributed by atoms with Crippen molar-refractivity contribution in [1.29, 1.82) is 0 Å². The summed E-state index contributed by atoms with van der Waals surface area (Å²) in [5.41, 5.74) is 1.62. The molecule has 0 fully saturated rings. The van der Waals surface area contributed by atoms with Gasteiger partial charge in [0.05, 0.1) is 11.1 Å². The summed E-state index contributed by atoms with van der Waals surface area (Å²) < 4.78 is 6.20. The van der Waals surface area contributed by atoms with Crippen molar-refractivity contribution in [1.82, 2.24) is 14.9 Å². The second-order valence-corrected chi connectivity index (χ2v) is 6.28. The van der Waals surface area contributed by atoms with Crippen LogP contribution in [0.5, 0.6) is 0 Å². The molecule has 0 bridgehead atoms. The van der Waals surface area contributed by atoms with Gasteiger partial charge in [0, 0.05) is 10.7 Å². The van der Waals surface area contributed by atoms with Gasteiger partial charge in [0.15, 0.2) is 5.52 Å². The minimum Gasteiger partial charge on any atom is -0.360 e. The summed E-state index contributed by atoms with van der Waals surface area (Å²) >= 11 is 6.07. The van der Waals surface area contributed by atoms with Crippen molar-refractivity contribution in [2.75, 3.05) is 5.32 Å². The number of rotatable bonds is 3. The van der Waals surface area contributed by atoms with Crippen molar-refractivity contribution >= 4 is 34.1 Å². The Hall–Kier alpha value is -2.67. The van der Waals surface area contributed by atoms with Crippen LogP contribution in [-0.2, 0) is 4.79 Å². The molecule has 0 aliphatic rings. The molecule has 0 spiro atoms. The van der Waals surface area contributed by atoms with Crippen LogP contribution in [0.4, 0.5) is 5.69 Å². The first kappa shape index (κ1) is 17.2. The first-order valence-corrected chi connectivity index (χ1v) is 8.10. The van der Waals surface area contributed by atoms with Gasteiger partial charge in [-0.2, -0.15) is 5.10 Å². The lowest BCUT2D eigenvalue weighted by Crippen LogP contribution is -2.34. The zero-order chi connectivity index (χ0) is 18.3. The third-order valence-corrected chi connectivity index (χ3v) is 4.57. The maximum Gasteiger partial charge on any atom is 0.297 e. The fourth-order valence-corrected chi connectivity index (χ4v) is 2.84. The van der Waals surface area contributed by atoms with Crippen molar-refractivity contribution in [2.24, 2.45) is 0 Å². The highest BCUT2D eigenvalue weighted by Gasteiger charge is 2.23. The molecular formula is C17H17ClN4O3. The fraction of sp³-hybridized carbons (Fsp3) is 0.294. The lowest BCUT2D eigenvalue weighted by atomic mass is 10.2. The Morgan fingerprint density at radius 2 is 2.04 bits per heavy atom. The molecule has 3 rings (SSSR count). The van der Waals surface area contributed by atoms with Gasteiger partial charge < -0.3 is 9.84 Å². The van der Waals surface area contributed by atoms with Crippen LogP contribution in [0.1, 0.15) is 30.0 Å². The molecule has 0 unspecified atom stereocenters. The number of anilines is 1. The van der Waals surface area contributed by atoms with Crippen LogP contribution in [0.25, 0.3) is 10.9 Å². The highest BCUT2D eigenvalue weighted by atomic mass is 35.5. The fourth-order valence-electron chi connectivity index (χ4n) is 2.66. The summed E-state index contributed by atoms with van der Waals surface area (Å²) in [6, 6.07) is 4.41. The molecular weight excluding hydrogens is 344 g/mol.